The van der Waals surface area contributed by atoms with Gasteiger partial charge in [0.2, 0.25) is 0 Å². The summed E-state index contributed by atoms with van der Waals surface area (Å²) in [6, 6.07) is 18.5. The molecule has 0 bridgehead atoms. The van der Waals surface area contributed by atoms with Gasteiger partial charge >= 0.3 is 6.03 Å². The third-order valence-corrected chi connectivity index (χ3v) is 4.95. The van der Waals surface area contributed by atoms with Crippen molar-refractivity contribution < 1.29 is 9.59 Å². The van der Waals surface area contributed by atoms with Crippen molar-refractivity contribution in [3.8, 4) is 5.69 Å². The highest BCUT2D eigenvalue weighted by Crippen LogP contribution is 2.21. The number of aryl methyl sites for hydroxylation is 2. The molecule has 0 spiro atoms. The van der Waals surface area contributed by atoms with E-state index in [0.717, 1.165) is 28.2 Å². The van der Waals surface area contributed by atoms with Crippen LogP contribution >= 0.6 is 0 Å². The Morgan fingerprint density at radius 3 is 2.43 bits per heavy atom. The van der Waals surface area contributed by atoms with Gasteiger partial charge in [0.1, 0.15) is 6.04 Å². The van der Waals surface area contributed by atoms with Gasteiger partial charge in [-0.2, -0.15) is 5.10 Å². The van der Waals surface area contributed by atoms with E-state index >= 15 is 0 Å². The molecule has 1 saturated heterocycles. The minimum Gasteiger partial charge on any atom is -0.325 e. The van der Waals surface area contributed by atoms with E-state index in [1.807, 2.05) is 79.2 Å². The molecule has 28 heavy (non-hydrogen) atoms. The third-order valence-electron chi connectivity index (χ3n) is 4.95. The summed E-state index contributed by atoms with van der Waals surface area (Å²) in [5.74, 6) is -0.197. The van der Waals surface area contributed by atoms with Crippen LogP contribution in [0.1, 0.15) is 22.5 Å². The third kappa shape index (κ3) is 3.41. The van der Waals surface area contributed by atoms with Crippen molar-refractivity contribution in [3.05, 3.63) is 83.2 Å². The number of hydrogen-bond acceptors (Lipinski definition) is 3. The number of nitrogens with one attached hydrogen (secondary N) is 1. The van der Waals surface area contributed by atoms with Crippen molar-refractivity contribution in [2.24, 2.45) is 0 Å². The lowest BCUT2D eigenvalue weighted by Crippen LogP contribution is -2.32. The first-order valence-electron chi connectivity index (χ1n) is 9.30. The summed E-state index contributed by atoms with van der Waals surface area (Å²) in [7, 11) is 0. The Balaban J connectivity index is 1.57. The molecule has 1 atom stereocenters. The lowest BCUT2D eigenvalue weighted by Gasteiger charge is -2.17. The fourth-order valence-corrected chi connectivity index (χ4v) is 3.61. The van der Waals surface area contributed by atoms with Crippen LogP contribution in [-0.4, -0.2) is 32.7 Å². The van der Waals surface area contributed by atoms with Gasteiger partial charge in [-0.25, -0.2) is 9.48 Å². The quantitative estimate of drug-likeness (QED) is 0.698. The van der Waals surface area contributed by atoms with E-state index in [0.29, 0.717) is 6.42 Å². The summed E-state index contributed by atoms with van der Waals surface area (Å²) in [6.45, 7) is 4.14. The van der Waals surface area contributed by atoms with Gasteiger partial charge < -0.3 is 5.32 Å². The molecule has 0 unspecified atom stereocenters. The van der Waals surface area contributed by atoms with Crippen molar-refractivity contribution in [1.29, 1.82) is 0 Å². The van der Waals surface area contributed by atoms with Crippen LogP contribution in [0.4, 0.5) is 4.79 Å². The molecule has 3 aromatic rings. The SMILES string of the molecule is Cc1cc(C)n(-c2ccccc2CN2C(=O)N[C@@H](Cc3ccccc3)C2=O)n1. The summed E-state index contributed by atoms with van der Waals surface area (Å²) in [5.41, 5.74) is 4.69. The van der Waals surface area contributed by atoms with Gasteiger partial charge in [0.25, 0.3) is 5.91 Å². The Kier molecular flexibility index (Phi) is 4.69. The zero-order valence-corrected chi connectivity index (χ0v) is 15.9. The van der Waals surface area contributed by atoms with Crippen molar-refractivity contribution in [2.75, 3.05) is 0 Å². The van der Waals surface area contributed by atoms with E-state index in [9.17, 15) is 9.59 Å². The Labute approximate surface area is 163 Å². The van der Waals surface area contributed by atoms with E-state index in [1.54, 1.807) is 0 Å². The van der Waals surface area contributed by atoms with Crippen LogP contribution in [0.25, 0.3) is 5.69 Å². The number of imide groups is 1. The van der Waals surface area contributed by atoms with Crippen molar-refractivity contribution >= 4 is 11.9 Å². The van der Waals surface area contributed by atoms with Crippen LogP contribution in [0.15, 0.2) is 60.7 Å². The average molecular weight is 374 g/mol. The summed E-state index contributed by atoms with van der Waals surface area (Å²) in [6.07, 6.45) is 0.487. The van der Waals surface area contributed by atoms with Crippen LogP contribution < -0.4 is 5.32 Å². The van der Waals surface area contributed by atoms with Gasteiger partial charge in [-0.1, -0.05) is 48.5 Å². The van der Waals surface area contributed by atoms with Crippen LogP contribution in [0.3, 0.4) is 0 Å². The first-order chi connectivity index (χ1) is 13.5. The van der Waals surface area contributed by atoms with Gasteiger partial charge in [-0.15, -0.1) is 0 Å². The van der Waals surface area contributed by atoms with Crippen LogP contribution in [0.2, 0.25) is 0 Å². The average Bonchev–Trinajstić information content (AvgIpc) is 3.16. The maximum Gasteiger partial charge on any atom is 0.325 e. The van der Waals surface area contributed by atoms with Crippen molar-refractivity contribution in [2.45, 2.75) is 32.9 Å². The normalized spacial score (nSPS) is 16.5. The van der Waals surface area contributed by atoms with Gasteiger partial charge in [0.15, 0.2) is 0 Å². The topological polar surface area (TPSA) is 67.2 Å². The zero-order chi connectivity index (χ0) is 19.7. The summed E-state index contributed by atoms with van der Waals surface area (Å²) < 4.78 is 1.85. The highest BCUT2D eigenvalue weighted by Gasteiger charge is 2.38. The second kappa shape index (κ2) is 7.31. The number of para-hydroxylation sites is 1. The number of urea groups is 1. The van der Waals surface area contributed by atoms with E-state index < -0.39 is 6.04 Å². The lowest BCUT2D eigenvalue weighted by atomic mass is 10.1. The molecule has 0 aliphatic carbocycles. The fraction of sp³-hybridized carbons (Fsp3) is 0.227. The standard InChI is InChI=1S/C22H22N4O2/c1-15-12-16(2)26(24-15)20-11-7-6-10-18(20)14-25-21(27)19(23-22(25)28)13-17-8-4-3-5-9-17/h3-12,19H,13-14H2,1-2H3,(H,23,28)/t19-/m0/s1. The molecule has 1 aromatic heterocycles. The second-order valence-corrected chi connectivity index (χ2v) is 7.08. The molecule has 6 heteroatoms. The number of rotatable bonds is 5. The Morgan fingerprint density at radius 2 is 1.71 bits per heavy atom. The molecule has 2 aromatic carbocycles. The van der Waals surface area contributed by atoms with E-state index in [1.165, 1.54) is 4.90 Å². The molecule has 0 radical (unpaired) electrons. The summed E-state index contributed by atoms with van der Waals surface area (Å²) in [4.78, 5) is 26.6. The number of hydrogen-bond donors (Lipinski definition) is 1. The maximum atomic E-state index is 12.9. The van der Waals surface area contributed by atoms with Crippen molar-refractivity contribution in [3.63, 3.8) is 0 Å². The molecule has 4 rings (SSSR count). The highest BCUT2D eigenvalue weighted by molar-refractivity contribution is 6.04. The van der Waals surface area contributed by atoms with Gasteiger partial charge in [-0.3, -0.25) is 9.69 Å². The molecule has 1 fully saturated rings. The van der Waals surface area contributed by atoms with E-state index in [4.69, 9.17) is 0 Å². The first kappa shape index (κ1) is 18.0. The minimum absolute atomic E-state index is 0.197. The number of benzene rings is 2. The van der Waals surface area contributed by atoms with Crippen molar-refractivity contribution in [1.82, 2.24) is 20.0 Å². The summed E-state index contributed by atoms with van der Waals surface area (Å²) >= 11 is 0. The molecule has 142 valence electrons. The lowest BCUT2D eigenvalue weighted by molar-refractivity contribution is -0.127. The highest BCUT2D eigenvalue weighted by atomic mass is 16.2. The fourth-order valence-electron chi connectivity index (χ4n) is 3.61. The molecule has 3 amide bonds. The Bertz CT molecular complexity index is 1030. The number of carbonyl (C=O) groups excluding carboxylic acids is 2. The smallest absolute Gasteiger partial charge is 0.325 e. The largest absolute Gasteiger partial charge is 0.325 e. The number of nitrogens with zero attached hydrogens (tertiary/aromatic N) is 3. The van der Waals surface area contributed by atoms with Crippen LogP contribution in [0.5, 0.6) is 0 Å². The van der Waals surface area contributed by atoms with Crippen LogP contribution in [-0.2, 0) is 17.8 Å². The zero-order valence-electron chi connectivity index (χ0n) is 15.9. The van der Waals surface area contributed by atoms with E-state index in [-0.39, 0.29) is 18.5 Å². The number of aromatic nitrogens is 2. The van der Waals surface area contributed by atoms with Gasteiger partial charge in [-0.05, 0) is 37.1 Å². The Morgan fingerprint density at radius 1 is 1.00 bits per heavy atom. The predicted molar refractivity (Wildman–Crippen MR) is 106 cm³/mol. The number of carbonyl (C=O) groups is 2. The van der Waals surface area contributed by atoms with E-state index in [2.05, 4.69) is 10.4 Å². The molecule has 1 aliphatic rings. The second-order valence-electron chi connectivity index (χ2n) is 7.08. The number of amides is 3. The van der Waals surface area contributed by atoms with Gasteiger partial charge in [0, 0.05) is 12.1 Å². The Hall–Kier alpha value is -3.41. The molecule has 6 nitrogen and oxygen atoms in total. The molecular weight excluding hydrogens is 352 g/mol. The molecule has 1 N–H and O–H groups in total. The van der Waals surface area contributed by atoms with Gasteiger partial charge in [0.05, 0.1) is 17.9 Å². The monoisotopic (exact) mass is 374 g/mol. The summed E-state index contributed by atoms with van der Waals surface area (Å²) in [5, 5.41) is 7.35. The molecular formula is C22H22N4O2. The van der Waals surface area contributed by atoms with Crippen LogP contribution in [0, 0.1) is 13.8 Å². The minimum atomic E-state index is -0.532. The predicted octanol–water partition coefficient (Wildman–Crippen LogP) is 3.15. The molecule has 2 heterocycles. The molecule has 0 saturated carbocycles. The molecule has 1 aliphatic heterocycles. The first-order valence-corrected chi connectivity index (χ1v) is 9.30. The maximum absolute atomic E-state index is 12.9.